The maximum atomic E-state index is 11.7. The lowest BCUT2D eigenvalue weighted by atomic mass is 9.85. The molecule has 0 bridgehead atoms. The number of aromatic hydroxyl groups is 1. The summed E-state index contributed by atoms with van der Waals surface area (Å²) < 4.78 is 4.84. The Bertz CT molecular complexity index is 553. The van der Waals surface area contributed by atoms with Gasteiger partial charge in [-0.25, -0.2) is 4.79 Å². The van der Waals surface area contributed by atoms with Gasteiger partial charge in [-0.15, -0.1) is 0 Å². The van der Waals surface area contributed by atoms with Crippen LogP contribution in [-0.4, -0.2) is 73.2 Å². The Hall–Kier alpha value is -1.97. The van der Waals surface area contributed by atoms with E-state index in [1.807, 2.05) is 0 Å². The van der Waals surface area contributed by atoms with Crippen molar-refractivity contribution in [1.82, 2.24) is 0 Å². The molecule has 1 aromatic rings. The second-order valence-corrected chi connectivity index (χ2v) is 5.28. The number of carbonyl (C=O) groups excluding carboxylic acids is 1. The molecule has 1 aliphatic rings. The zero-order chi connectivity index (χ0) is 17.1. The third-order valence-electron chi connectivity index (χ3n) is 3.63. The Morgan fingerprint density at radius 3 is 1.87 bits per heavy atom. The van der Waals surface area contributed by atoms with Crippen LogP contribution in [0.4, 0.5) is 0 Å². The average molecular weight is 326 g/mol. The molecule has 8 heteroatoms. The molecule has 1 aromatic carbocycles. The molecule has 0 spiro atoms. The van der Waals surface area contributed by atoms with Crippen LogP contribution in [0, 0.1) is 0 Å². The summed E-state index contributed by atoms with van der Waals surface area (Å²) in [6.07, 6.45) is -7.92. The molecule has 2 unspecified atom stereocenters. The maximum Gasteiger partial charge on any atom is 0.331 e. The van der Waals surface area contributed by atoms with Crippen molar-refractivity contribution < 1.29 is 40.2 Å². The minimum absolute atomic E-state index is 0.0692. The molecule has 6 atom stereocenters. The Balaban J connectivity index is 2.02. The van der Waals surface area contributed by atoms with Crippen LogP contribution >= 0.6 is 0 Å². The highest BCUT2D eigenvalue weighted by atomic mass is 16.6. The van der Waals surface area contributed by atoms with Crippen molar-refractivity contribution in [1.29, 1.82) is 0 Å². The summed E-state index contributed by atoms with van der Waals surface area (Å²) >= 11 is 0. The normalized spacial score (nSPS) is 34.5. The monoisotopic (exact) mass is 326 g/mol. The van der Waals surface area contributed by atoms with E-state index >= 15 is 0 Å². The third-order valence-corrected chi connectivity index (χ3v) is 3.63. The molecule has 8 nitrogen and oxygen atoms in total. The number of carbonyl (C=O) groups is 1. The molecule has 0 aromatic heterocycles. The lowest BCUT2D eigenvalue weighted by Gasteiger charge is -2.40. The van der Waals surface area contributed by atoms with Crippen LogP contribution < -0.4 is 0 Å². The van der Waals surface area contributed by atoms with E-state index in [-0.39, 0.29) is 5.75 Å². The largest absolute Gasteiger partial charge is 0.508 e. The van der Waals surface area contributed by atoms with Crippen LogP contribution in [0.25, 0.3) is 6.08 Å². The highest BCUT2D eigenvalue weighted by Crippen LogP contribution is 2.24. The van der Waals surface area contributed by atoms with Crippen LogP contribution in [0.2, 0.25) is 0 Å². The minimum atomic E-state index is -1.76. The van der Waals surface area contributed by atoms with Gasteiger partial charge in [0.1, 0.15) is 36.3 Å². The second kappa shape index (κ2) is 7.07. The fourth-order valence-corrected chi connectivity index (χ4v) is 2.26. The van der Waals surface area contributed by atoms with Crippen LogP contribution in [0.15, 0.2) is 30.3 Å². The molecule has 23 heavy (non-hydrogen) atoms. The molecule has 6 N–H and O–H groups in total. The van der Waals surface area contributed by atoms with Crippen molar-refractivity contribution in [3.63, 3.8) is 0 Å². The Morgan fingerprint density at radius 1 is 0.870 bits per heavy atom. The predicted octanol–water partition coefficient (Wildman–Crippen LogP) is -1.86. The van der Waals surface area contributed by atoms with Crippen molar-refractivity contribution in [3.8, 4) is 5.75 Å². The van der Waals surface area contributed by atoms with Gasteiger partial charge in [0.2, 0.25) is 0 Å². The van der Waals surface area contributed by atoms with Crippen LogP contribution in [0.3, 0.4) is 0 Å². The van der Waals surface area contributed by atoms with Crippen LogP contribution in [0.1, 0.15) is 5.56 Å². The summed E-state index contributed by atoms with van der Waals surface area (Å²) in [6, 6.07) is 5.95. The molecule has 1 saturated carbocycles. The number of ether oxygens (including phenoxy) is 1. The number of benzene rings is 1. The molecule has 2 rings (SSSR count). The van der Waals surface area contributed by atoms with E-state index in [1.54, 1.807) is 12.1 Å². The Labute approximate surface area is 131 Å². The standard InChI is InChI=1S/C15H18O8/c16-8-4-1-7(2-5-8)3-6-9(17)23-15-13(21)11(19)10(18)12(20)14(15)22/h1-6,10-16,18-22H/t10?,11-,12-,13-,14+,15?/m1/s1. The van der Waals surface area contributed by atoms with Gasteiger partial charge in [-0.1, -0.05) is 12.1 Å². The van der Waals surface area contributed by atoms with Gasteiger partial charge >= 0.3 is 5.97 Å². The number of rotatable bonds is 3. The van der Waals surface area contributed by atoms with Crippen molar-refractivity contribution >= 4 is 12.0 Å². The number of phenols is 1. The fourth-order valence-electron chi connectivity index (χ4n) is 2.26. The van der Waals surface area contributed by atoms with E-state index in [1.165, 1.54) is 18.2 Å². The van der Waals surface area contributed by atoms with E-state index in [2.05, 4.69) is 0 Å². The first-order valence-corrected chi connectivity index (χ1v) is 6.89. The summed E-state index contributed by atoms with van der Waals surface area (Å²) in [4.78, 5) is 11.7. The van der Waals surface area contributed by atoms with Crippen molar-refractivity contribution in [3.05, 3.63) is 35.9 Å². The van der Waals surface area contributed by atoms with E-state index in [9.17, 15) is 30.3 Å². The van der Waals surface area contributed by atoms with Gasteiger partial charge in [0.25, 0.3) is 0 Å². The van der Waals surface area contributed by atoms with E-state index in [0.717, 1.165) is 6.08 Å². The van der Waals surface area contributed by atoms with Crippen molar-refractivity contribution in [2.24, 2.45) is 0 Å². The number of hydrogen-bond donors (Lipinski definition) is 6. The molecule has 0 heterocycles. The van der Waals surface area contributed by atoms with Gasteiger partial charge in [-0.3, -0.25) is 0 Å². The summed E-state index contributed by atoms with van der Waals surface area (Å²) in [7, 11) is 0. The number of hydrogen-bond acceptors (Lipinski definition) is 8. The molecule has 1 fully saturated rings. The fraction of sp³-hybridized carbons (Fsp3) is 0.400. The first kappa shape index (κ1) is 17.4. The lowest BCUT2D eigenvalue weighted by Crippen LogP contribution is -2.64. The Morgan fingerprint density at radius 2 is 1.35 bits per heavy atom. The number of aliphatic hydroxyl groups excluding tert-OH is 5. The summed E-state index contributed by atoms with van der Waals surface area (Å²) in [5.74, 6) is -0.850. The van der Waals surface area contributed by atoms with E-state index in [0.29, 0.717) is 5.56 Å². The summed E-state index contributed by atoms with van der Waals surface area (Å²) in [5, 5.41) is 57.2. The number of aliphatic hydroxyl groups is 5. The average Bonchev–Trinajstić information content (AvgIpc) is 2.54. The van der Waals surface area contributed by atoms with Gasteiger partial charge in [0.05, 0.1) is 0 Å². The highest BCUT2D eigenvalue weighted by Gasteiger charge is 2.50. The van der Waals surface area contributed by atoms with Crippen molar-refractivity contribution in [2.45, 2.75) is 36.6 Å². The summed E-state index contributed by atoms with van der Waals surface area (Å²) in [5.41, 5.74) is 0.597. The highest BCUT2D eigenvalue weighted by molar-refractivity contribution is 5.87. The smallest absolute Gasteiger partial charge is 0.331 e. The molecule has 0 amide bonds. The quantitative estimate of drug-likeness (QED) is 0.280. The lowest BCUT2D eigenvalue weighted by molar-refractivity contribution is -0.231. The third kappa shape index (κ3) is 3.87. The van der Waals surface area contributed by atoms with E-state index < -0.39 is 42.6 Å². The van der Waals surface area contributed by atoms with Gasteiger partial charge in [0, 0.05) is 6.08 Å². The molecule has 0 radical (unpaired) electrons. The van der Waals surface area contributed by atoms with Gasteiger partial charge in [-0.05, 0) is 23.8 Å². The van der Waals surface area contributed by atoms with E-state index in [4.69, 9.17) is 9.84 Å². The van der Waals surface area contributed by atoms with Gasteiger partial charge < -0.3 is 35.4 Å². The molecule has 0 aliphatic heterocycles. The second-order valence-electron chi connectivity index (χ2n) is 5.28. The molecular weight excluding hydrogens is 308 g/mol. The molecule has 1 aliphatic carbocycles. The number of phenolic OH excluding ortho intramolecular Hbond substituents is 1. The molecule has 0 saturated heterocycles. The minimum Gasteiger partial charge on any atom is -0.508 e. The van der Waals surface area contributed by atoms with Crippen LogP contribution in [-0.2, 0) is 9.53 Å². The topological polar surface area (TPSA) is 148 Å². The van der Waals surface area contributed by atoms with Crippen molar-refractivity contribution in [2.75, 3.05) is 0 Å². The van der Waals surface area contributed by atoms with Gasteiger partial charge in [-0.2, -0.15) is 0 Å². The number of esters is 1. The maximum absolute atomic E-state index is 11.7. The Kier molecular flexibility index (Phi) is 5.34. The first-order chi connectivity index (χ1) is 10.8. The zero-order valence-corrected chi connectivity index (χ0v) is 11.9. The van der Waals surface area contributed by atoms with Crippen LogP contribution in [0.5, 0.6) is 5.75 Å². The molecule has 126 valence electrons. The summed E-state index contributed by atoms with van der Waals surface area (Å²) in [6.45, 7) is 0. The molecular formula is C15H18O8. The van der Waals surface area contributed by atoms with Gasteiger partial charge in [0.15, 0.2) is 6.10 Å². The predicted molar refractivity (Wildman–Crippen MR) is 77.1 cm³/mol. The zero-order valence-electron chi connectivity index (χ0n) is 11.9. The first-order valence-electron chi connectivity index (χ1n) is 6.89. The SMILES string of the molecule is O=C(C=Cc1ccc(O)cc1)OC1[C@@H](O)[C@H](O)C(O)[C@@H](O)[C@H]1O.